The number of esters is 1. The van der Waals surface area contributed by atoms with Crippen LogP contribution in [0, 0.1) is 5.82 Å². The van der Waals surface area contributed by atoms with Crippen molar-refractivity contribution in [1.82, 2.24) is 9.97 Å². The third-order valence-corrected chi connectivity index (χ3v) is 3.74. The molecule has 0 aliphatic heterocycles. The zero-order chi connectivity index (χ0) is 14.8. The normalized spacial score (nSPS) is 11.4. The van der Waals surface area contributed by atoms with Gasteiger partial charge in [0.2, 0.25) is 0 Å². The number of ether oxygens (including phenoxy) is 1. The van der Waals surface area contributed by atoms with Crippen molar-refractivity contribution < 1.29 is 13.9 Å². The minimum atomic E-state index is -0.865. The zero-order valence-corrected chi connectivity index (χ0v) is 12.3. The van der Waals surface area contributed by atoms with E-state index in [9.17, 15) is 9.18 Å². The number of nitrogens with zero attached hydrogens (tertiary/aromatic N) is 2. The Bertz CT molecular complexity index is 625. The third-order valence-electron chi connectivity index (χ3n) is 2.89. The van der Waals surface area contributed by atoms with Crippen LogP contribution in [0.1, 0.15) is 26.5 Å². The molecule has 0 spiro atoms. The lowest BCUT2D eigenvalue weighted by molar-refractivity contribution is -0.148. The molecule has 0 atom stereocenters. The van der Waals surface area contributed by atoms with Gasteiger partial charge in [0.15, 0.2) is 5.82 Å². The van der Waals surface area contributed by atoms with Gasteiger partial charge < -0.3 is 4.74 Å². The van der Waals surface area contributed by atoms with Crippen molar-refractivity contribution in [2.75, 3.05) is 6.61 Å². The second kappa shape index (κ2) is 5.66. The van der Waals surface area contributed by atoms with Crippen molar-refractivity contribution in [2.45, 2.75) is 26.2 Å². The lowest BCUT2D eigenvalue weighted by Gasteiger charge is -2.19. The number of thiazole rings is 1. The van der Waals surface area contributed by atoms with E-state index in [1.165, 1.54) is 29.7 Å². The third kappa shape index (κ3) is 2.70. The molecule has 0 N–H and O–H groups in total. The van der Waals surface area contributed by atoms with E-state index in [0.717, 1.165) is 0 Å². The summed E-state index contributed by atoms with van der Waals surface area (Å²) in [7, 11) is 0. The molecular weight excluding hydrogens is 279 g/mol. The number of pyridine rings is 1. The molecular formula is C14H15FN2O2S. The zero-order valence-electron chi connectivity index (χ0n) is 11.5. The predicted molar refractivity (Wildman–Crippen MR) is 75.0 cm³/mol. The van der Waals surface area contributed by atoms with Crippen LogP contribution in [0.15, 0.2) is 23.7 Å². The van der Waals surface area contributed by atoms with Gasteiger partial charge in [-0.15, -0.1) is 11.3 Å². The fourth-order valence-electron chi connectivity index (χ4n) is 1.63. The maximum Gasteiger partial charge on any atom is 0.317 e. The Labute approximate surface area is 120 Å². The van der Waals surface area contributed by atoms with Gasteiger partial charge in [-0.1, -0.05) is 0 Å². The van der Waals surface area contributed by atoms with Crippen molar-refractivity contribution in [3.05, 3.63) is 35.2 Å². The molecule has 20 heavy (non-hydrogen) atoms. The van der Waals surface area contributed by atoms with E-state index < -0.39 is 11.2 Å². The maximum absolute atomic E-state index is 13.7. The van der Waals surface area contributed by atoms with Crippen molar-refractivity contribution in [1.29, 1.82) is 0 Å². The van der Waals surface area contributed by atoms with Gasteiger partial charge in [0.05, 0.1) is 12.3 Å². The van der Waals surface area contributed by atoms with Gasteiger partial charge in [-0.25, -0.2) is 9.37 Å². The number of halogens is 1. The number of aromatic nitrogens is 2. The highest BCUT2D eigenvalue weighted by molar-refractivity contribution is 7.13. The standard InChI is InChI=1S/C14H15FN2O2S/c1-4-19-13(18)14(2,3)10-8-20-12(17-10)11-9(15)6-5-7-16-11/h5-8H,4H2,1-3H3. The number of carbonyl (C=O) groups excluding carboxylic acids is 1. The van der Waals surface area contributed by atoms with Gasteiger partial charge in [-0.05, 0) is 32.9 Å². The summed E-state index contributed by atoms with van der Waals surface area (Å²) in [4.78, 5) is 20.2. The van der Waals surface area contributed by atoms with E-state index in [4.69, 9.17) is 4.74 Å². The predicted octanol–water partition coefficient (Wildman–Crippen LogP) is 3.18. The lowest BCUT2D eigenvalue weighted by atomic mass is 9.90. The Morgan fingerprint density at radius 2 is 2.25 bits per heavy atom. The highest BCUT2D eigenvalue weighted by Crippen LogP contribution is 2.31. The topological polar surface area (TPSA) is 52.1 Å². The van der Waals surface area contributed by atoms with E-state index in [0.29, 0.717) is 17.3 Å². The van der Waals surface area contributed by atoms with E-state index in [1.54, 1.807) is 26.2 Å². The SMILES string of the molecule is CCOC(=O)C(C)(C)c1csc(-c2ncccc2F)n1. The van der Waals surface area contributed by atoms with Gasteiger partial charge in [0.25, 0.3) is 0 Å². The van der Waals surface area contributed by atoms with Crippen LogP contribution in [-0.2, 0) is 14.9 Å². The number of hydrogen-bond acceptors (Lipinski definition) is 5. The molecule has 2 aromatic rings. The van der Waals surface area contributed by atoms with Crippen molar-refractivity contribution in [3.8, 4) is 10.7 Å². The largest absolute Gasteiger partial charge is 0.465 e. The molecule has 106 valence electrons. The van der Waals surface area contributed by atoms with Crippen LogP contribution in [0.2, 0.25) is 0 Å². The molecule has 0 fully saturated rings. The molecule has 0 aromatic carbocycles. The summed E-state index contributed by atoms with van der Waals surface area (Å²) in [5.74, 6) is -0.777. The van der Waals surface area contributed by atoms with Crippen LogP contribution in [0.5, 0.6) is 0 Å². The molecule has 0 unspecified atom stereocenters. The Balaban J connectivity index is 2.34. The Morgan fingerprint density at radius 3 is 2.90 bits per heavy atom. The van der Waals surface area contributed by atoms with Gasteiger partial charge >= 0.3 is 5.97 Å². The van der Waals surface area contributed by atoms with Crippen molar-refractivity contribution in [3.63, 3.8) is 0 Å². The molecule has 2 rings (SSSR count). The number of carbonyl (C=O) groups is 1. The number of rotatable bonds is 4. The summed E-state index contributed by atoms with van der Waals surface area (Å²) in [6, 6.07) is 2.86. The first-order chi connectivity index (χ1) is 9.46. The molecule has 0 aliphatic rings. The molecule has 2 heterocycles. The lowest BCUT2D eigenvalue weighted by Crippen LogP contribution is -2.31. The summed E-state index contributed by atoms with van der Waals surface area (Å²) < 4.78 is 18.7. The van der Waals surface area contributed by atoms with E-state index in [-0.39, 0.29) is 11.7 Å². The first-order valence-corrected chi connectivity index (χ1v) is 7.09. The van der Waals surface area contributed by atoms with Crippen LogP contribution < -0.4 is 0 Å². The average Bonchev–Trinajstić information content (AvgIpc) is 2.89. The Hall–Kier alpha value is -1.82. The van der Waals surface area contributed by atoms with Crippen LogP contribution in [0.3, 0.4) is 0 Å². The minimum absolute atomic E-state index is 0.198. The van der Waals surface area contributed by atoms with Gasteiger partial charge in [-0.2, -0.15) is 0 Å². The van der Waals surface area contributed by atoms with Gasteiger partial charge in [0, 0.05) is 11.6 Å². The first-order valence-electron chi connectivity index (χ1n) is 6.21. The number of hydrogen-bond donors (Lipinski definition) is 0. The van der Waals surface area contributed by atoms with Crippen LogP contribution in [-0.4, -0.2) is 22.5 Å². The van der Waals surface area contributed by atoms with Crippen molar-refractivity contribution in [2.24, 2.45) is 0 Å². The van der Waals surface area contributed by atoms with Crippen LogP contribution in [0.4, 0.5) is 4.39 Å². The molecule has 4 nitrogen and oxygen atoms in total. The average molecular weight is 294 g/mol. The highest BCUT2D eigenvalue weighted by atomic mass is 32.1. The van der Waals surface area contributed by atoms with E-state index in [1.807, 2.05) is 0 Å². The molecule has 0 radical (unpaired) electrons. The monoisotopic (exact) mass is 294 g/mol. The summed E-state index contributed by atoms with van der Waals surface area (Å²) in [5, 5.41) is 2.19. The van der Waals surface area contributed by atoms with Crippen LogP contribution in [0.25, 0.3) is 10.7 Å². The first kappa shape index (κ1) is 14.6. The molecule has 0 saturated heterocycles. The second-order valence-electron chi connectivity index (χ2n) is 4.72. The van der Waals surface area contributed by atoms with Crippen molar-refractivity contribution >= 4 is 17.3 Å². The minimum Gasteiger partial charge on any atom is -0.465 e. The molecule has 0 amide bonds. The fourth-order valence-corrected chi connectivity index (χ4v) is 2.61. The molecule has 2 aromatic heterocycles. The smallest absolute Gasteiger partial charge is 0.317 e. The van der Waals surface area contributed by atoms with E-state index >= 15 is 0 Å². The summed E-state index contributed by atoms with van der Waals surface area (Å²) in [5.41, 5.74) is -0.111. The second-order valence-corrected chi connectivity index (χ2v) is 5.58. The summed E-state index contributed by atoms with van der Waals surface area (Å²) in [6.45, 7) is 5.54. The summed E-state index contributed by atoms with van der Waals surface area (Å²) in [6.07, 6.45) is 1.51. The van der Waals surface area contributed by atoms with Gasteiger partial charge in [-0.3, -0.25) is 9.78 Å². The summed E-state index contributed by atoms with van der Waals surface area (Å²) >= 11 is 1.26. The molecule has 0 aliphatic carbocycles. The van der Waals surface area contributed by atoms with Gasteiger partial charge in [0.1, 0.15) is 16.1 Å². The molecule has 0 saturated carbocycles. The Morgan fingerprint density at radius 1 is 1.50 bits per heavy atom. The van der Waals surface area contributed by atoms with Crippen LogP contribution >= 0.6 is 11.3 Å². The van der Waals surface area contributed by atoms with E-state index in [2.05, 4.69) is 9.97 Å². The molecule has 0 bridgehead atoms. The molecule has 6 heteroatoms. The Kier molecular flexibility index (Phi) is 4.13. The highest BCUT2D eigenvalue weighted by Gasteiger charge is 2.34. The quantitative estimate of drug-likeness (QED) is 0.813. The maximum atomic E-state index is 13.7. The fraction of sp³-hybridized carbons (Fsp3) is 0.357.